The van der Waals surface area contributed by atoms with Gasteiger partial charge in [0.25, 0.3) is 5.91 Å². The predicted octanol–water partition coefficient (Wildman–Crippen LogP) is 0.367. The number of nitrogens with two attached hydrogens (primary N) is 1. The van der Waals surface area contributed by atoms with E-state index in [1.807, 2.05) is 12.1 Å². The van der Waals surface area contributed by atoms with Crippen molar-refractivity contribution in [2.24, 2.45) is 5.73 Å². The van der Waals surface area contributed by atoms with E-state index in [-0.39, 0.29) is 30.8 Å². The maximum Gasteiger partial charge on any atom is 0.255 e. The quantitative estimate of drug-likeness (QED) is 0.646. The number of nitrogens with zero attached hydrogens (tertiary/aromatic N) is 1. The summed E-state index contributed by atoms with van der Waals surface area (Å²) in [6.07, 6.45) is 1.34. The second-order valence-electron chi connectivity index (χ2n) is 7.81. The van der Waals surface area contributed by atoms with E-state index in [4.69, 9.17) is 5.73 Å². The fraction of sp³-hybridized carbons (Fsp3) is 0.526. The maximum absolute atomic E-state index is 14.2. The lowest BCUT2D eigenvalue weighted by atomic mass is 9.78. The number of imide groups is 1. The molecule has 2 aliphatic heterocycles. The molecule has 2 heterocycles. The van der Waals surface area contributed by atoms with Crippen LogP contribution in [0.25, 0.3) is 0 Å². The lowest BCUT2D eigenvalue weighted by Crippen LogP contribution is -2.53. The van der Waals surface area contributed by atoms with Crippen LogP contribution >= 0.6 is 0 Å². The van der Waals surface area contributed by atoms with E-state index < -0.39 is 17.6 Å². The van der Waals surface area contributed by atoms with Crippen LogP contribution in [0.4, 0.5) is 4.39 Å². The highest BCUT2D eigenvalue weighted by Crippen LogP contribution is 2.34. The van der Waals surface area contributed by atoms with E-state index in [9.17, 15) is 18.8 Å². The molecule has 1 aromatic carbocycles. The molecule has 1 unspecified atom stereocenters. The molecule has 1 aromatic rings. The van der Waals surface area contributed by atoms with Crippen molar-refractivity contribution in [3.05, 3.63) is 34.9 Å². The fourth-order valence-electron chi connectivity index (χ4n) is 4.17. The second kappa shape index (κ2) is 6.69. The highest BCUT2D eigenvalue weighted by Gasteiger charge is 2.42. The number of nitrogens with one attached hydrogen (secondary N) is 2. The molecule has 0 spiro atoms. The average molecular weight is 374 g/mol. The van der Waals surface area contributed by atoms with Gasteiger partial charge in [0.1, 0.15) is 11.7 Å². The first kappa shape index (κ1) is 18.1. The zero-order valence-electron chi connectivity index (χ0n) is 15.0. The molecule has 1 saturated heterocycles. The molecule has 4 N–H and O–H groups in total. The van der Waals surface area contributed by atoms with E-state index >= 15 is 0 Å². The molecule has 144 valence electrons. The summed E-state index contributed by atoms with van der Waals surface area (Å²) in [6, 6.07) is 4.92. The number of hydrogen-bond acceptors (Lipinski definition) is 5. The number of carbonyl (C=O) groups excluding carboxylic acids is 3. The number of fused-ring (bicyclic) bond motifs is 1. The van der Waals surface area contributed by atoms with E-state index in [2.05, 4.69) is 10.6 Å². The first-order chi connectivity index (χ1) is 12.8. The predicted molar refractivity (Wildman–Crippen MR) is 95.2 cm³/mol. The third kappa shape index (κ3) is 3.46. The molecule has 0 radical (unpaired) electrons. The molecule has 7 nitrogen and oxygen atoms in total. The van der Waals surface area contributed by atoms with E-state index in [1.165, 1.54) is 4.90 Å². The molecule has 3 aliphatic rings. The smallest absolute Gasteiger partial charge is 0.255 e. The normalized spacial score (nSPS) is 30.1. The second-order valence-corrected chi connectivity index (χ2v) is 7.81. The number of hydrogen-bond donors (Lipinski definition) is 3. The van der Waals surface area contributed by atoms with Gasteiger partial charge in [0.2, 0.25) is 11.8 Å². The van der Waals surface area contributed by atoms with Crippen LogP contribution in [0.5, 0.6) is 0 Å². The molecular weight excluding hydrogens is 351 g/mol. The van der Waals surface area contributed by atoms with Crippen molar-refractivity contribution >= 4 is 17.7 Å². The summed E-state index contributed by atoms with van der Waals surface area (Å²) in [5.41, 5.74) is 6.74. The van der Waals surface area contributed by atoms with E-state index in [0.717, 1.165) is 11.1 Å². The Morgan fingerprint density at radius 1 is 1.30 bits per heavy atom. The van der Waals surface area contributed by atoms with Crippen LogP contribution in [0.3, 0.4) is 0 Å². The van der Waals surface area contributed by atoms with Gasteiger partial charge in [0, 0.05) is 37.7 Å². The summed E-state index contributed by atoms with van der Waals surface area (Å²) in [7, 11) is 0. The number of carbonyl (C=O) groups is 3. The van der Waals surface area contributed by atoms with Crippen molar-refractivity contribution in [2.75, 3.05) is 6.54 Å². The topological polar surface area (TPSA) is 105 Å². The molecule has 1 aliphatic carbocycles. The molecule has 3 amide bonds. The molecule has 0 bridgehead atoms. The van der Waals surface area contributed by atoms with Gasteiger partial charge in [-0.15, -0.1) is 0 Å². The molecular formula is C19H23FN4O3. The number of alkyl halides is 1. The molecule has 4 rings (SSSR count). The van der Waals surface area contributed by atoms with Gasteiger partial charge >= 0.3 is 0 Å². The largest absolute Gasteiger partial charge is 0.327 e. The Morgan fingerprint density at radius 2 is 2.07 bits per heavy atom. The van der Waals surface area contributed by atoms with Crippen molar-refractivity contribution in [1.29, 1.82) is 0 Å². The minimum absolute atomic E-state index is 0.0484. The standard InChI is InChI=1S/C19H23FN4O3/c20-19(6-13(21)7-19)10-22-8-11-1-2-12-9-24(18(27)14(12)5-11)15-3-4-16(25)23-17(15)26/h1-2,5,13,15,22H,3-4,6-10,21H2,(H,23,25,26). The summed E-state index contributed by atoms with van der Waals surface area (Å²) in [5.74, 6) is -0.915. The van der Waals surface area contributed by atoms with Crippen LogP contribution in [-0.4, -0.2) is 46.9 Å². The molecule has 1 atom stereocenters. The van der Waals surface area contributed by atoms with E-state index in [1.54, 1.807) is 6.07 Å². The Balaban J connectivity index is 1.39. The summed E-state index contributed by atoms with van der Waals surface area (Å²) in [4.78, 5) is 37.7. The van der Waals surface area contributed by atoms with Crippen LogP contribution in [0.1, 0.15) is 47.2 Å². The van der Waals surface area contributed by atoms with Crippen LogP contribution in [0.2, 0.25) is 0 Å². The monoisotopic (exact) mass is 374 g/mol. The Hall–Kier alpha value is -2.32. The minimum atomic E-state index is -1.23. The van der Waals surface area contributed by atoms with Crippen LogP contribution in [0, 0.1) is 0 Å². The number of rotatable bonds is 5. The number of piperidine rings is 1. The zero-order chi connectivity index (χ0) is 19.2. The van der Waals surface area contributed by atoms with Crippen molar-refractivity contribution in [3.63, 3.8) is 0 Å². The molecule has 27 heavy (non-hydrogen) atoms. The Bertz CT molecular complexity index is 806. The molecule has 1 saturated carbocycles. The van der Waals surface area contributed by atoms with Gasteiger partial charge in [-0.05, 0) is 36.5 Å². The number of amides is 3. The first-order valence-corrected chi connectivity index (χ1v) is 9.26. The highest BCUT2D eigenvalue weighted by molar-refractivity contribution is 6.05. The van der Waals surface area contributed by atoms with Crippen molar-refractivity contribution in [3.8, 4) is 0 Å². The van der Waals surface area contributed by atoms with Gasteiger partial charge < -0.3 is 16.0 Å². The molecule has 8 heteroatoms. The van der Waals surface area contributed by atoms with Crippen LogP contribution in [0.15, 0.2) is 18.2 Å². The summed E-state index contributed by atoms with van der Waals surface area (Å²) >= 11 is 0. The average Bonchev–Trinajstić information content (AvgIpc) is 2.90. The summed E-state index contributed by atoms with van der Waals surface area (Å²) in [6.45, 7) is 1.06. The molecule has 2 fully saturated rings. The summed E-state index contributed by atoms with van der Waals surface area (Å²) < 4.78 is 14.2. The van der Waals surface area contributed by atoms with Gasteiger partial charge in [-0.2, -0.15) is 0 Å². The van der Waals surface area contributed by atoms with Gasteiger partial charge in [-0.3, -0.25) is 19.7 Å². The van der Waals surface area contributed by atoms with Gasteiger partial charge in [-0.25, -0.2) is 4.39 Å². The Labute approximate surface area is 156 Å². The van der Waals surface area contributed by atoms with Crippen LogP contribution in [-0.2, 0) is 22.7 Å². The maximum atomic E-state index is 14.2. The summed E-state index contributed by atoms with van der Waals surface area (Å²) in [5, 5.41) is 5.40. The molecule has 0 aromatic heterocycles. The van der Waals surface area contributed by atoms with Gasteiger partial charge in [0.15, 0.2) is 0 Å². The Kier molecular flexibility index (Phi) is 4.47. The SMILES string of the molecule is NC1CC(F)(CNCc2ccc3c(c2)C(=O)N(C2CCC(=O)NC2=O)C3)C1. The fourth-order valence-corrected chi connectivity index (χ4v) is 4.17. The van der Waals surface area contributed by atoms with Crippen molar-refractivity contribution in [2.45, 2.75) is 56.5 Å². The lowest BCUT2D eigenvalue weighted by molar-refractivity contribution is -0.136. The van der Waals surface area contributed by atoms with E-state index in [0.29, 0.717) is 37.9 Å². The van der Waals surface area contributed by atoms with Crippen molar-refractivity contribution < 1.29 is 18.8 Å². The number of benzene rings is 1. The number of halogens is 1. The third-order valence-electron chi connectivity index (χ3n) is 5.62. The van der Waals surface area contributed by atoms with Crippen molar-refractivity contribution in [1.82, 2.24) is 15.5 Å². The Morgan fingerprint density at radius 3 is 2.78 bits per heavy atom. The van der Waals surface area contributed by atoms with Gasteiger partial charge in [-0.1, -0.05) is 12.1 Å². The first-order valence-electron chi connectivity index (χ1n) is 9.26. The lowest BCUT2D eigenvalue weighted by Gasteiger charge is -2.39. The minimum Gasteiger partial charge on any atom is -0.327 e. The van der Waals surface area contributed by atoms with Crippen LogP contribution < -0.4 is 16.4 Å². The highest BCUT2D eigenvalue weighted by atomic mass is 19.1. The third-order valence-corrected chi connectivity index (χ3v) is 5.62. The van der Waals surface area contributed by atoms with Gasteiger partial charge in [0.05, 0.1) is 0 Å². The zero-order valence-corrected chi connectivity index (χ0v) is 15.0.